The molecule has 2 atom stereocenters. The maximum absolute atomic E-state index is 13.5. The lowest BCUT2D eigenvalue weighted by molar-refractivity contribution is -0.116. The zero-order valence-corrected chi connectivity index (χ0v) is 19.3. The van der Waals surface area contributed by atoms with Crippen LogP contribution in [0.5, 0.6) is 0 Å². The highest BCUT2D eigenvalue weighted by atomic mass is 32.2. The van der Waals surface area contributed by atoms with Crippen LogP contribution in [0.2, 0.25) is 0 Å². The van der Waals surface area contributed by atoms with Gasteiger partial charge in [0, 0.05) is 7.11 Å². The van der Waals surface area contributed by atoms with E-state index >= 15 is 0 Å². The number of nitrogens with one attached hydrogen (secondary N) is 1. The van der Waals surface area contributed by atoms with Crippen LogP contribution in [0.4, 0.5) is 5.69 Å². The summed E-state index contributed by atoms with van der Waals surface area (Å²) in [6.07, 6.45) is 1.02. The van der Waals surface area contributed by atoms with Crippen molar-refractivity contribution in [3.63, 3.8) is 0 Å². The largest absolute Gasteiger partial charge is 0.383 e. The van der Waals surface area contributed by atoms with Crippen LogP contribution in [0, 0.1) is 6.92 Å². The van der Waals surface area contributed by atoms with Crippen LogP contribution in [0.15, 0.2) is 47.6 Å². The van der Waals surface area contributed by atoms with Gasteiger partial charge in [0.2, 0.25) is 5.91 Å². The van der Waals surface area contributed by atoms with E-state index in [2.05, 4.69) is 48.9 Å². The fourth-order valence-electron chi connectivity index (χ4n) is 3.73. The van der Waals surface area contributed by atoms with Gasteiger partial charge in [-0.05, 0) is 49.4 Å². The monoisotopic (exact) mass is 425 g/mol. The maximum atomic E-state index is 13.5. The van der Waals surface area contributed by atoms with Crippen LogP contribution >= 0.6 is 11.8 Å². The number of aromatic nitrogens is 2. The number of hydrogen-bond donors (Lipinski definition) is 1. The summed E-state index contributed by atoms with van der Waals surface area (Å²) in [5.41, 5.74) is 5.23. The summed E-state index contributed by atoms with van der Waals surface area (Å²) in [5.74, 6) is 0.735. The van der Waals surface area contributed by atoms with Crippen molar-refractivity contribution in [3.8, 4) is 0 Å². The van der Waals surface area contributed by atoms with Gasteiger partial charge in [-0.2, -0.15) is 0 Å². The number of fused-ring (bicyclic) bond motifs is 1. The van der Waals surface area contributed by atoms with Crippen molar-refractivity contribution in [2.45, 2.75) is 51.2 Å². The molecule has 1 amide bonds. The van der Waals surface area contributed by atoms with Gasteiger partial charge >= 0.3 is 0 Å². The molecule has 160 valence electrons. The van der Waals surface area contributed by atoms with Crippen molar-refractivity contribution in [2.75, 3.05) is 24.4 Å². The Balaban J connectivity index is 1.89. The summed E-state index contributed by atoms with van der Waals surface area (Å²) < 4.78 is 5.41. The molecular formula is C24H31N3O2S. The van der Waals surface area contributed by atoms with E-state index in [0.29, 0.717) is 18.3 Å². The Bertz CT molecular complexity index is 968. The summed E-state index contributed by atoms with van der Waals surface area (Å²) in [6.45, 7) is 8.99. The van der Waals surface area contributed by atoms with Gasteiger partial charge in [-0.3, -0.25) is 4.79 Å². The van der Waals surface area contributed by atoms with Crippen LogP contribution in [0.25, 0.3) is 11.0 Å². The second kappa shape index (κ2) is 10.1. The average molecular weight is 426 g/mol. The highest BCUT2D eigenvalue weighted by Crippen LogP contribution is 2.34. The number of imidazole rings is 1. The predicted molar refractivity (Wildman–Crippen MR) is 126 cm³/mol. The van der Waals surface area contributed by atoms with E-state index in [1.54, 1.807) is 7.11 Å². The third kappa shape index (κ3) is 4.87. The highest BCUT2D eigenvalue weighted by molar-refractivity contribution is 7.99. The number of carbonyl (C=O) groups is 1. The molecule has 0 saturated carbocycles. The summed E-state index contributed by atoms with van der Waals surface area (Å²) >= 11 is 1.44. The van der Waals surface area contributed by atoms with Gasteiger partial charge in [0.05, 0.1) is 35.1 Å². The molecule has 0 aliphatic rings. The number of H-pyrrole nitrogens is 1. The normalized spacial score (nSPS) is 13.4. The fraction of sp³-hybridized carbons (Fsp3) is 0.417. The van der Waals surface area contributed by atoms with Crippen molar-refractivity contribution < 1.29 is 9.53 Å². The zero-order valence-electron chi connectivity index (χ0n) is 18.4. The third-order valence-electron chi connectivity index (χ3n) is 5.47. The van der Waals surface area contributed by atoms with Gasteiger partial charge in [-0.25, -0.2) is 4.98 Å². The molecule has 3 aromatic rings. The Morgan fingerprint density at radius 1 is 1.20 bits per heavy atom. The summed E-state index contributed by atoms with van der Waals surface area (Å²) in [4.78, 5) is 23.3. The zero-order chi connectivity index (χ0) is 21.7. The Morgan fingerprint density at radius 3 is 2.67 bits per heavy atom. The third-order valence-corrected chi connectivity index (χ3v) is 6.33. The Morgan fingerprint density at radius 2 is 1.97 bits per heavy atom. The molecule has 5 nitrogen and oxygen atoms in total. The molecule has 2 aromatic carbocycles. The van der Waals surface area contributed by atoms with Crippen molar-refractivity contribution >= 4 is 34.4 Å². The number of thioether (sulfide) groups is 1. The van der Waals surface area contributed by atoms with Crippen molar-refractivity contribution in [3.05, 3.63) is 53.6 Å². The number of ether oxygens (including phenoxy) is 1. The number of methoxy groups -OCH3 is 1. The number of amides is 1. The molecule has 3 rings (SSSR count). The molecule has 6 heteroatoms. The first kappa shape index (κ1) is 22.4. The van der Waals surface area contributed by atoms with E-state index < -0.39 is 0 Å². The van der Waals surface area contributed by atoms with E-state index in [1.807, 2.05) is 36.1 Å². The Labute approximate surface area is 183 Å². The Hall–Kier alpha value is -2.31. The second-order valence-corrected chi connectivity index (χ2v) is 8.70. The number of aryl methyl sites for hydroxylation is 1. The van der Waals surface area contributed by atoms with Crippen molar-refractivity contribution in [2.24, 2.45) is 0 Å². The number of para-hydroxylation sites is 3. The molecule has 0 saturated heterocycles. The van der Waals surface area contributed by atoms with Gasteiger partial charge in [-0.15, -0.1) is 0 Å². The Kier molecular flexibility index (Phi) is 7.56. The number of nitrogens with zero attached hydrogens (tertiary/aromatic N) is 2. The van der Waals surface area contributed by atoms with E-state index in [1.165, 1.54) is 17.3 Å². The van der Waals surface area contributed by atoms with Crippen LogP contribution in [0.3, 0.4) is 0 Å². The minimum absolute atomic E-state index is 0.0591. The van der Waals surface area contributed by atoms with E-state index in [4.69, 9.17) is 4.74 Å². The highest BCUT2D eigenvalue weighted by Gasteiger charge is 2.27. The molecule has 30 heavy (non-hydrogen) atoms. The standard InChI is InChI=1S/C24H31N3O2S/c1-6-16(2)19-11-9-10-17(3)23(19)27(18(4)14-29-5)22(28)15-30-24-25-20-12-7-8-13-21(20)26-24/h7-13,16,18H,6,14-15H2,1-5H3,(H,25,26)/t16-,18+/m0/s1. The molecule has 0 bridgehead atoms. The van der Waals surface area contributed by atoms with Gasteiger partial charge in [0.1, 0.15) is 0 Å². The smallest absolute Gasteiger partial charge is 0.237 e. The molecule has 0 aliphatic heterocycles. The first-order valence-corrected chi connectivity index (χ1v) is 11.4. The number of aromatic amines is 1. The summed E-state index contributed by atoms with van der Waals surface area (Å²) in [5, 5.41) is 0.760. The predicted octanol–water partition coefficient (Wildman–Crippen LogP) is 5.55. The van der Waals surface area contributed by atoms with Gasteiger partial charge < -0.3 is 14.6 Å². The minimum Gasteiger partial charge on any atom is -0.383 e. The van der Waals surface area contributed by atoms with Crippen LogP contribution in [-0.4, -0.2) is 41.4 Å². The van der Waals surface area contributed by atoms with Gasteiger partial charge in [-0.1, -0.05) is 55.9 Å². The molecule has 1 heterocycles. The van der Waals surface area contributed by atoms with E-state index in [9.17, 15) is 4.79 Å². The summed E-state index contributed by atoms with van der Waals surface area (Å²) in [6, 6.07) is 14.1. The number of benzene rings is 2. The SMILES string of the molecule is CC[C@H](C)c1cccc(C)c1N(C(=O)CSc1nc2ccccc2[nH]1)[C@H](C)COC. The first-order valence-electron chi connectivity index (χ1n) is 10.4. The molecular weight excluding hydrogens is 394 g/mol. The number of anilines is 1. The molecule has 0 fully saturated rings. The first-order chi connectivity index (χ1) is 14.5. The molecule has 0 unspecified atom stereocenters. The lowest BCUT2D eigenvalue weighted by atomic mass is 9.93. The van der Waals surface area contributed by atoms with E-state index in [-0.39, 0.29) is 11.9 Å². The number of rotatable bonds is 9. The van der Waals surface area contributed by atoms with Crippen LogP contribution < -0.4 is 4.90 Å². The van der Waals surface area contributed by atoms with Crippen molar-refractivity contribution in [1.29, 1.82) is 0 Å². The van der Waals surface area contributed by atoms with Crippen LogP contribution in [-0.2, 0) is 9.53 Å². The van der Waals surface area contributed by atoms with E-state index in [0.717, 1.165) is 33.9 Å². The molecule has 1 aromatic heterocycles. The van der Waals surface area contributed by atoms with Crippen LogP contribution in [0.1, 0.15) is 44.2 Å². The van der Waals surface area contributed by atoms with Gasteiger partial charge in [0.25, 0.3) is 0 Å². The molecule has 0 spiro atoms. The van der Waals surface area contributed by atoms with Gasteiger partial charge in [0.15, 0.2) is 5.16 Å². The minimum atomic E-state index is -0.0670. The lowest BCUT2D eigenvalue weighted by Gasteiger charge is -2.33. The lowest BCUT2D eigenvalue weighted by Crippen LogP contribution is -2.43. The molecule has 0 aliphatic carbocycles. The van der Waals surface area contributed by atoms with Crippen molar-refractivity contribution in [1.82, 2.24) is 9.97 Å². The second-order valence-electron chi connectivity index (χ2n) is 7.74. The average Bonchev–Trinajstić information content (AvgIpc) is 3.16. The summed E-state index contributed by atoms with van der Waals surface area (Å²) in [7, 11) is 1.68. The molecule has 0 radical (unpaired) electrons. The number of carbonyl (C=O) groups excluding carboxylic acids is 1. The topological polar surface area (TPSA) is 58.2 Å². The number of hydrogen-bond acceptors (Lipinski definition) is 4. The molecule has 1 N–H and O–H groups in total. The quantitative estimate of drug-likeness (QED) is 0.457. The fourth-order valence-corrected chi connectivity index (χ4v) is 4.48. The maximum Gasteiger partial charge on any atom is 0.237 e.